The highest BCUT2D eigenvalue weighted by molar-refractivity contribution is 14.0. The zero-order valence-electron chi connectivity index (χ0n) is 15.9. The molecule has 6 heteroatoms. The number of halogens is 1. The maximum Gasteiger partial charge on any atom is 0.246 e. The molecule has 0 atom stereocenters. The summed E-state index contributed by atoms with van der Waals surface area (Å²) in [5, 5.41) is 6.60. The molecule has 1 aliphatic carbocycles. The summed E-state index contributed by atoms with van der Waals surface area (Å²) in [6, 6.07) is 8.20. The zero-order chi connectivity index (χ0) is 17.7. The zero-order valence-corrected chi connectivity index (χ0v) is 18.2. The van der Waals surface area contributed by atoms with Crippen LogP contribution < -0.4 is 15.5 Å². The molecule has 0 unspecified atom stereocenters. The second-order valence-corrected chi connectivity index (χ2v) is 7.26. The lowest BCUT2D eigenvalue weighted by molar-refractivity contribution is -0.117. The van der Waals surface area contributed by atoms with Gasteiger partial charge in [-0.05, 0) is 49.1 Å². The highest BCUT2D eigenvalue weighted by Crippen LogP contribution is 2.42. The van der Waals surface area contributed by atoms with Gasteiger partial charge in [0.1, 0.15) is 0 Å². The van der Waals surface area contributed by atoms with Crippen LogP contribution in [0.5, 0.6) is 0 Å². The number of nitrogens with one attached hydrogen (secondary N) is 2. The number of nitrogens with zero attached hydrogens (tertiary/aromatic N) is 2. The molecule has 3 rings (SSSR count). The Morgan fingerprint density at radius 2 is 2.00 bits per heavy atom. The van der Waals surface area contributed by atoms with Crippen LogP contribution in [0.3, 0.4) is 0 Å². The van der Waals surface area contributed by atoms with Gasteiger partial charge < -0.3 is 15.5 Å². The Bertz CT molecular complexity index is 637. The molecule has 1 heterocycles. The van der Waals surface area contributed by atoms with Crippen LogP contribution in [0.4, 0.5) is 5.69 Å². The summed E-state index contributed by atoms with van der Waals surface area (Å²) in [5.41, 5.74) is 2.75. The van der Waals surface area contributed by atoms with Gasteiger partial charge in [-0.25, -0.2) is 0 Å². The third-order valence-corrected chi connectivity index (χ3v) is 5.84. The molecule has 0 aromatic heterocycles. The maximum absolute atomic E-state index is 12.7. The average molecular weight is 470 g/mol. The van der Waals surface area contributed by atoms with Crippen LogP contribution in [0.1, 0.15) is 44.6 Å². The van der Waals surface area contributed by atoms with E-state index in [9.17, 15) is 4.79 Å². The lowest BCUT2D eigenvalue weighted by atomic mass is 9.67. The van der Waals surface area contributed by atoms with Gasteiger partial charge in [-0.15, -0.1) is 24.0 Å². The second kappa shape index (κ2) is 9.58. The van der Waals surface area contributed by atoms with Gasteiger partial charge in [-0.1, -0.05) is 31.5 Å². The van der Waals surface area contributed by atoms with Crippen molar-refractivity contribution in [3.63, 3.8) is 0 Å². The number of amides is 1. The number of carbonyl (C=O) groups excluding carboxylic acids is 1. The van der Waals surface area contributed by atoms with E-state index in [4.69, 9.17) is 0 Å². The SMILES string of the molecule is CCC1(CNC(=NC)NCC(=O)N2CCCc3ccccc32)CCC1.I. The van der Waals surface area contributed by atoms with Crippen LogP contribution in [0, 0.1) is 5.41 Å². The minimum absolute atomic E-state index is 0. The number of benzene rings is 1. The molecule has 1 aromatic rings. The van der Waals surface area contributed by atoms with Gasteiger partial charge in [0.15, 0.2) is 5.96 Å². The van der Waals surface area contributed by atoms with Crippen molar-refractivity contribution in [2.75, 3.05) is 31.6 Å². The Kier molecular flexibility index (Phi) is 7.73. The minimum Gasteiger partial charge on any atom is -0.356 e. The summed E-state index contributed by atoms with van der Waals surface area (Å²) >= 11 is 0. The molecule has 2 aliphatic rings. The van der Waals surface area contributed by atoms with E-state index in [2.05, 4.69) is 28.6 Å². The number of aryl methyl sites for hydroxylation is 1. The van der Waals surface area contributed by atoms with Crippen LogP contribution >= 0.6 is 24.0 Å². The molecule has 1 fully saturated rings. The standard InChI is InChI=1S/C20H30N4O.HI/c1-3-20(11-7-12-20)15-23-19(21-2)22-14-18(25)24-13-6-9-16-8-4-5-10-17(16)24;/h4-5,8,10H,3,6-7,9,11-15H2,1-2H3,(H2,21,22,23);1H. The summed E-state index contributed by atoms with van der Waals surface area (Å²) in [6.45, 7) is 4.26. The van der Waals surface area contributed by atoms with E-state index < -0.39 is 0 Å². The number of anilines is 1. The molecule has 144 valence electrons. The first-order valence-electron chi connectivity index (χ1n) is 9.50. The third-order valence-electron chi connectivity index (χ3n) is 5.84. The summed E-state index contributed by atoms with van der Waals surface area (Å²) in [4.78, 5) is 18.9. The van der Waals surface area contributed by atoms with Crippen molar-refractivity contribution >= 4 is 41.5 Å². The normalized spacial score (nSPS) is 18.2. The molecule has 0 spiro atoms. The van der Waals surface area contributed by atoms with Crippen molar-refractivity contribution in [2.45, 2.75) is 45.4 Å². The molecule has 0 saturated heterocycles. The number of para-hydroxylation sites is 1. The van der Waals surface area contributed by atoms with Crippen LogP contribution in [0.25, 0.3) is 0 Å². The Balaban J connectivity index is 0.00000243. The number of hydrogen-bond donors (Lipinski definition) is 2. The molecule has 0 bridgehead atoms. The van der Waals surface area contributed by atoms with Gasteiger partial charge in [0.25, 0.3) is 0 Å². The van der Waals surface area contributed by atoms with E-state index in [-0.39, 0.29) is 36.4 Å². The number of rotatable bonds is 5. The lowest BCUT2D eigenvalue weighted by Crippen LogP contribution is -2.49. The van der Waals surface area contributed by atoms with Crippen molar-refractivity contribution in [3.8, 4) is 0 Å². The Morgan fingerprint density at radius 3 is 2.65 bits per heavy atom. The van der Waals surface area contributed by atoms with Gasteiger partial charge >= 0.3 is 0 Å². The average Bonchev–Trinajstić information content (AvgIpc) is 2.62. The fourth-order valence-electron chi connectivity index (χ4n) is 3.87. The number of carbonyl (C=O) groups is 1. The van der Waals surface area contributed by atoms with Crippen molar-refractivity contribution in [1.82, 2.24) is 10.6 Å². The van der Waals surface area contributed by atoms with E-state index in [1.807, 2.05) is 23.1 Å². The predicted octanol–water partition coefficient (Wildman–Crippen LogP) is 3.33. The Morgan fingerprint density at radius 1 is 1.23 bits per heavy atom. The molecule has 1 saturated carbocycles. The molecular weight excluding hydrogens is 439 g/mol. The van der Waals surface area contributed by atoms with Gasteiger partial charge in [-0.3, -0.25) is 9.79 Å². The van der Waals surface area contributed by atoms with E-state index >= 15 is 0 Å². The fraction of sp³-hybridized carbons (Fsp3) is 0.600. The molecule has 1 aromatic carbocycles. The lowest BCUT2D eigenvalue weighted by Gasteiger charge is -2.41. The first-order valence-corrected chi connectivity index (χ1v) is 9.50. The summed E-state index contributed by atoms with van der Waals surface area (Å²) in [7, 11) is 1.76. The topological polar surface area (TPSA) is 56.7 Å². The highest BCUT2D eigenvalue weighted by Gasteiger charge is 2.35. The highest BCUT2D eigenvalue weighted by atomic mass is 127. The number of aliphatic imine (C=N–C) groups is 1. The van der Waals surface area contributed by atoms with Crippen molar-refractivity contribution < 1.29 is 4.79 Å². The monoisotopic (exact) mass is 470 g/mol. The van der Waals surface area contributed by atoms with Gasteiger partial charge in [0, 0.05) is 25.8 Å². The molecule has 2 N–H and O–H groups in total. The third kappa shape index (κ3) is 4.69. The Labute approximate surface area is 174 Å². The fourth-order valence-corrected chi connectivity index (χ4v) is 3.87. The summed E-state index contributed by atoms with van der Waals surface area (Å²) < 4.78 is 0. The summed E-state index contributed by atoms with van der Waals surface area (Å²) in [5.74, 6) is 0.822. The van der Waals surface area contributed by atoms with Crippen molar-refractivity contribution in [1.29, 1.82) is 0 Å². The van der Waals surface area contributed by atoms with Gasteiger partial charge in [0.05, 0.1) is 6.54 Å². The molecule has 26 heavy (non-hydrogen) atoms. The van der Waals surface area contributed by atoms with Crippen LogP contribution in [-0.4, -0.2) is 38.5 Å². The molecule has 1 amide bonds. The molecule has 0 radical (unpaired) electrons. The predicted molar refractivity (Wildman–Crippen MR) is 118 cm³/mol. The molecule has 1 aliphatic heterocycles. The van der Waals surface area contributed by atoms with E-state index in [0.717, 1.165) is 37.6 Å². The molecular formula is C20H31IN4O. The van der Waals surface area contributed by atoms with E-state index in [1.54, 1.807) is 7.05 Å². The second-order valence-electron chi connectivity index (χ2n) is 7.26. The first-order chi connectivity index (χ1) is 12.2. The molecule has 5 nitrogen and oxygen atoms in total. The van der Waals surface area contributed by atoms with Crippen molar-refractivity contribution in [3.05, 3.63) is 29.8 Å². The number of hydrogen-bond acceptors (Lipinski definition) is 2. The van der Waals surface area contributed by atoms with Crippen LogP contribution in [0.2, 0.25) is 0 Å². The number of fused-ring (bicyclic) bond motifs is 1. The van der Waals surface area contributed by atoms with Crippen LogP contribution in [-0.2, 0) is 11.2 Å². The number of guanidine groups is 1. The maximum atomic E-state index is 12.7. The van der Waals surface area contributed by atoms with Gasteiger partial charge in [0.2, 0.25) is 5.91 Å². The Hall–Kier alpha value is -1.31. The van der Waals surface area contributed by atoms with E-state index in [0.29, 0.717) is 5.41 Å². The van der Waals surface area contributed by atoms with Crippen LogP contribution in [0.15, 0.2) is 29.3 Å². The largest absolute Gasteiger partial charge is 0.356 e. The van der Waals surface area contributed by atoms with Crippen molar-refractivity contribution in [2.24, 2.45) is 10.4 Å². The van der Waals surface area contributed by atoms with Gasteiger partial charge in [-0.2, -0.15) is 0 Å². The van der Waals surface area contributed by atoms with E-state index in [1.165, 1.54) is 31.2 Å². The first kappa shape index (κ1) is 21.0. The smallest absolute Gasteiger partial charge is 0.246 e. The minimum atomic E-state index is 0. The summed E-state index contributed by atoms with van der Waals surface area (Å²) in [6.07, 6.45) is 7.17. The quantitative estimate of drug-likeness (QED) is 0.395.